The van der Waals surface area contributed by atoms with Crippen LogP contribution in [0.3, 0.4) is 0 Å². The average Bonchev–Trinajstić information content (AvgIpc) is 2.38. The summed E-state index contributed by atoms with van der Waals surface area (Å²) in [5.41, 5.74) is 4.39. The molecule has 0 aliphatic heterocycles. The Morgan fingerprint density at radius 1 is 1.06 bits per heavy atom. The van der Waals surface area contributed by atoms with Gasteiger partial charge in [-0.15, -0.1) is 0 Å². The third kappa shape index (κ3) is 1.88. The molecule has 0 radical (unpaired) electrons. The quantitative estimate of drug-likeness (QED) is 0.607. The second kappa shape index (κ2) is 4.84. The van der Waals surface area contributed by atoms with Gasteiger partial charge in [0.1, 0.15) is 6.10 Å². The van der Waals surface area contributed by atoms with E-state index in [2.05, 4.69) is 25.1 Å². The molecule has 98 valence electrons. The highest BCUT2D eigenvalue weighted by Gasteiger charge is 2.39. The van der Waals surface area contributed by atoms with E-state index in [4.69, 9.17) is 14.2 Å². The van der Waals surface area contributed by atoms with Crippen LogP contribution in [0.5, 0.6) is 0 Å². The summed E-state index contributed by atoms with van der Waals surface area (Å²) < 4.78 is 16.8. The molecule has 0 bridgehead atoms. The number of hydrogen-bond acceptors (Lipinski definition) is 3. The highest BCUT2D eigenvalue weighted by atomic mass is 16.7. The molecule has 0 spiro atoms. The molecule has 1 aliphatic carbocycles. The van der Waals surface area contributed by atoms with Gasteiger partial charge in [-0.3, -0.25) is 0 Å². The van der Waals surface area contributed by atoms with Crippen molar-refractivity contribution >= 4 is 0 Å². The van der Waals surface area contributed by atoms with E-state index < -0.39 is 5.79 Å². The van der Waals surface area contributed by atoms with Crippen LogP contribution in [0, 0.1) is 6.92 Å². The molecule has 1 aromatic carbocycles. The molecular weight excluding hydrogens is 228 g/mol. The topological polar surface area (TPSA) is 27.7 Å². The fourth-order valence-electron chi connectivity index (χ4n) is 2.63. The molecule has 0 heterocycles. The van der Waals surface area contributed by atoms with Crippen molar-refractivity contribution in [3.63, 3.8) is 0 Å². The first kappa shape index (κ1) is 13.3. The van der Waals surface area contributed by atoms with E-state index in [-0.39, 0.29) is 6.10 Å². The monoisotopic (exact) mass is 248 g/mol. The smallest absolute Gasteiger partial charge is 0.215 e. The van der Waals surface area contributed by atoms with Crippen molar-refractivity contribution < 1.29 is 14.2 Å². The van der Waals surface area contributed by atoms with E-state index in [0.717, 1.165) is 16.7 Å². The fourth-order valence-corrected chi connectivity index (χ4v) is 2.63. The highest BCUT2D eigenvalue weighted by Crippen LogP contribution is 2.43. The Balaban J connectivity index is 2.67. The molecule has 3 heteroatoms. The molecule has 3 nitrogen and oxygen atoms in total. The summed E-state index contributed by atoms with van der Waals surface area (Å²) in [6.45, 7) is 4.09. The van der Waals surface area contributed by atoms with Crippen molar-refractivity contribution in [2.24, 2.45) is 0 Å². The van der Waals surface area contributed by atoms with Crippen LogP contribution in [0.2, 0.25) is 0 Å². The summed E-state index contributed by atoms with van der Waals surface area (Å²) in [6.07, 6.45) is 1.96. The molecule has 1 atom stereocenters. The first-order valence-corrected chi connectivity index (χ1v) is 6.01. The van der Waals surface area contributed by atoms with Crippen LogP contribution in [0.25, 0.3) is 0 Å². The standard InChI is InChI=1S/C15H20O3/c1-10-6-7-12-13(8-10)15(17-4,18-5)9-11(2)14(12)16-3/h6-9,14H,1-5H3. The number of rotatable bonds is 3. The number of hydrogen-bond donors (Lipinski definition) is 0. The summed E-state index contributed by atoms with van der Waals surface area (Å²) in [5.74, 6) is -0.805. The van der Waals surface area contributed by atoms with Gasteiger partial charge < -0.3 is 14.2 Å². The van der Waals surface area contributed by atoms with Gasteiger partial charge in [-0.1, -0.05) is 17.7 Å². The average molecular weight is 248 g/mol. The number of ether oxygens (including phenoxy) is 3. The zero-order chi connectivity index (χ0) is 13.3. The van der Waals surface area contributed by atoms with Gasteiger partial charge in [0.2, 0.25) is 5.79 Å². The van der Waals surface area contributed by atoms with E-state index in [1.807, 2.05) is 13.0 Å². The van der Waals surface area contributed by atoms with E-state index in [9.17, 15) is 0 Å². The van der Waals surface area contributed by atoms with Crippen LogP contribution in [-0.2, 0) is 20.0 Å². The lowest BCUT2D eigenvalue weighted by atomic mass is 9.84. The molecule has 0 amide bonds. The summed E-state index contributed by atoms with van der Waals surface area (Å²) in [5, 5.41) is 0. The van der Waals surface area contributed by atoms with Crippen molar-refractivity contribution in [1.29, 1.82) is 0 Å². The van der Waals surface area contributed by atoms with Crippen LogP contribution in [0.4, 0.5) is 0 Å². The number of benzene rings is 1. The molecule has 2 rings (SSSR count). The van der Waals surface area contributed by atoms with Crippen LogP contribution >= 0.6 is 0 Å². The zero-order valence-electron chi connectivity index (χ0n) is 11.6. The maximum Gasteiger partial charge on any atom is 0.215 e. The summed E-state index contributed by atoms with van der Waals surface area (Å²) in [4.78, 5) is 0. The predicted octanol–water partition coefficient (Wildman–Crippen LogP) is 3.09. The molecule has 0 saturated heterocycles. The molecule has 0 aromatic heterocycles. The Hall–Kier alpha value is -1.16. The minimum Gasteiger partial charge on any atom is -0.372 e. The van der Waals surface area contributed by atoms with Gasteiger partial charge in [0.25, 0.3) is 0 Å². The van der Waals surface area contributed by atoms with E-state index in [0.29, 0.717) is 0 Å². The van der Waals surface area contributed by atoms with Crippen LogP contribution < -0.4 is 0 Å². The van der Waals surface area contributed by atoms with Gasteiger partial charge in [0.05, 0.1) is 0 Å². The lowest BCUT2D eigenvalue weighted by Crippen LogP contribution is -2.34. The van der Waals surface area contributed by atoms with E-state index >= 15 is 0 Å². The Kier molecular flexibility index (Phi) is 3.57. The summed E-state index contributed by atoms with van der Waals surface area (Å²) in [7, 11) is 5.04. The number of fused-ring (bicyclic) bond motifs is 1. The molecule has 1 aromatic rings. The maximum atomic E-state index is 5.62. The highest BCUT2D eigenvalue weighted by molar-refractivity contribution is 5.45. The Morgan fingerprint density at radius 3 is 2.28 bits per heavy atom. The lowest BCUT2D eigenvalue weighted by molar-refractivity contribution is -0.182. The van der Waals surface area contributed by atoms with Gasteiger partial charge in [-0.2, -0.15) is 0 Å². The molecule has 0 saturated carbocycles. The van der Waals surface area contributed by atoms with Crippen molar-refractivity contribution in [1.82, 2.24) is 0 Å². The lowest BCUT2D eigenvalue weighted by Gasteiger charge is -2.37. The van der Waals surface area contributed by atoms with Crippen molar-refractivity contribution in [2.75, 3.05) is 21.3 Å². The summed E-state index contributed by atoms with van der Waals surface area (Å²) >= 11 is 0. The van der Waals surface area contributed by atoms with Gasteiger partial charge in [0.15, 0.2) is 0 Å². The number of aryl methyl sites for hydroxylation is 1. The maximum absolute atomic E-state index is 5.62. The largest absolute Gasteiger partial charge is 0.372 e. The zero-order valence-corrected chi connectivity index (χ0v) is 11.6. The molecule has 1 unspecified atom stereocenters. The van der Waals surface area contributed by atoms with Crippen molar-refractivity contribution in [3.8, 4) is 0 Å². The van der Waals surface area contributed by atoms with Gasteiger partial charge >= 0.3 is 0 Å². The van der Waals surface area contributed by atoms with E-state index in [1.165, 1.54) is 5.56 Å². The third-order valence-corrected chi connectivity index (χ3v) is 3.54. The van der Waals surface area contributed by atoms with E-state index in [1.54, 1.807) is 21.3 Å². The predicted molar refractivity (Wildman–Crippen MR) is 70.4 cm³/mol. The van der Waals surface area contributed by atoms with Gasteiger partial charge in [-0.05, 0) is 37.1 Å². The van der Waals surface area contributed by atoms with Crippen molar-refractivity contribution in [2.45, 2.75) is 25.7 Å². The Morgan fingerprint density at radius 2 is 1.72 bits per heavy atom. The summed E-state index contributed by atoms with van der Waals surface area (Å²) in [6, 6.07) is 6.26. The van der Waals surface area contributed by atoms with Gasteiger partial charge in [0, 0.05) is 26.9 Å². The second-order valence-corrected chi connectivity index (χ2v) is 4.67. The minimum atomic E-state index is -0.805. The fraction of sp³-hybridized carbons (Fsp3) is 0.467. The molecular formula is C15H20O3. The van der Waals surface area contributed by atoms with Crippen LogP contribution in [-0.4, -0.2) is 21.3 Å². The first-order chi connectivity index (χ1) is 8.57. The minimum absolute atomic E-state index is 0.0287. The molecule has 0 fully saturated rings. The van der Waals surface area contributed by atoms with Gasteiger partial charge in [-0.25, -0.2) is 0 Å². The third-order valence-electron chi connectivity index (χ3n) is 3.54. The first-order valence-electron chi connectivity index (χ1n) is 6.01. The molecule has 1 aliphatic rings. The SMILES string of the molecule is COC1C(C)=CC(OC)(OC)c2cc(C)ccc21. The normalized spacial score (nSPS) is 21.4. The number of methoxy groups -OCH3 is 3. The van der Waals surface area contributed by atoms with Crippen LogP contribution in [0.15, 0.2) is 29.8 Å². The van der Waals surface area contributed by atoms with Crippen molar-refractivity contribution in [3.05, 3.63) is 46.5 Å². The Labute approximate surface area is 108 Å². The molecule has 0 N–H and O–H groups in total. The van der Waals surface area contributed by atoms with Crippen LogP contribution in [0.1, 0.15) is 29.7 Å². The second-order valence-electron chi connectivity index (χ2n) is 4.67. The molecule has 18 heavy (non-hydrogen) atoms. The Bertz CT molecular complexity index is 473.